The zero-order valence-corrected chi connectivity index (χ0v) is 15.8. The van der Waals surface area contributed by atoms with Gasteiger partial charge in [0.1, 0.15) is 0 Å². The Morgan fingerprint density at radius 2 is 1.81 bits per heavy atom. The van der Waals surface area contributed by atoms with E-state index in [2.05, 4.69) is 47.5 Å². The maximum Gasteiger partial charge on any atom is 0.226 e. The molecule has 0 aliphatic carbocycles. The average molecular weight is 360 g/mol. The molecule has 0 unspecified atom stereocenters. The molecule has 1 saturated heterocycles. The second-order valence-corrected chi connectivity index (χ2v) is 7.13. The molecular weight excluding hydrogens is 336 g/mol. The monoisotopic (exact) mass is 360 g/mol. The Labute approximate surface area is 159 Å². The Kier molecular flexibility index (Phi) is 4.75. The van der Waals surface area contributed by atoms with E-state index in [1.807, 2.05) is 18.2 Å². The Morgan fingerprint density at radius 3 is 2.52 bits per heavy atom. The minimum absolute atomic E-state index is 0.0861. The number of piperidine rings is 1. The largest absolute Gasteiger partial charge is 0.359 e. The van der Waals surface area contributed by atoms with Crippen LogP contribution in [0.2, 0.25) is 0 Å². The van der Waals surface area contributed by atoms with Crippen LogP contribution in [-0.4, -0.2) is 36.0 Å². The molecule has 1 aliphatic rings. The lowest BCUT2D eigenvalue weighted by Gasteiger charge is -2.31. The number of hydrogen-bond donors (Lipinski definition) is 1. The molecule has 1 fully saturated rings. The van der Waals surface area contributed by atoms with Gasteiger partial charge in [-0.2, -0.15) is 0 Å². The van der Waals surface area contributed by atoms with Crippen LogP contribution in [0.4, 0.5) is 5.95 Å². The molecule has 138 valence electrons. The lowest BCUT2D eigenvalue weighted by molar-refractivity contribution is -0.125. The van der Waals surface area contributed by atoms with Gasteiger partial charge in [0, 0.05) is 37.0 Å². The number of nitrogens with one attached hydrogen (secondary N) is 1. The van der Waals surface area contributed by atoms with E-state index in [1.54, 1.807) is 7.05 Å². The summed E-state index contributed by atoms with van der Waals surface area (Å²) in [7, 11) is 1.70. The Bertz CT molecular complexity index is 963. The van der Waals surface area contributed by atoms with Gasteiger partial charge in [0.25, 0.3) is 0 Å². The normalized spacial score (nSPS) is 15.1. The number of fused-ring (bicyclic) bond motifs is 1. The third-order valence-corrected chi connectivity index (χ3v) is 5.28. The van der Waals surface area contributed by atoms with Gasteiger partial charge in [-0.3, -0.25) is 4.79 Å². The number of amides is 1. The Balaban J connectivity index is 1.73. The van der Waals surface area contributed by atoms with Crippen LogP contribution in [0, 0.1) is 12.8 Å². The number of aryl methyl sites for hydroxylation is 1. The summed E-state index contributed by atoms with van der Waals surface area (Å²) >= 11 is 0. The van der Waals surface area contributed by atoms with Crippen molar-refractivity contribution in [2.45, 2.75) is 19.8 Å². The molecule has 4 rings (SSSR count). The highest BCUT2D eigenvalue weighted by atomic mass is 16.1. The zero-order valence-electron chi connectivity index (χ0n) is 15.8. The van der Waals surface area contributed by atoms with Crippen molar-refractivity contribution < 1.29 is 4.79 Å². The van der Waals surface area contributed by atoms with Crippen LogP contribution in [0.5, 0.6) is 0 Å². The minimum Gasteiger partial charge on any atom is -0.359 e. The van der Waals surface area contributed by atoms with E-state index in [4.69, 9.17) is 9.97 Å². The number of carbonyl (C=O) groups is 1. The molecule has 1 aliphatic heterocycles. The van der Waals surface area contributed by atoms with Crippen molar-refractivity contribution in [2.24, 2.45) is 5.92 Å². The third kappa shape index (κ3) is 3.50. The summed E-state index contributed by atoms with van der Waals surface area (Å²) in [5.41, 5.74) is 4.21. The van der Waals surface area contributed by atoms with E-state index in [0.717, 1.165) is 54.0 Å². The lowest BCUT2D eigenvalue weighted by Crippen LogP contribution is -2.40. The molecule has 1 amide bonds. The second-order valence-electron chi connectivity index (χ2n) is 7.13. The quantitative estimate of drug-likeness (QED) is 0.776. The van der Waals surface area contributed by atoms with Gasteiger partial charge >= 0.3 is 0 Å². The van der Waals surface area contributed by atoms with Crippen molar-refractivity contribution in [3.8, 4) is 11.3 Å². The van der Waals surface area contributed by atoms with Gasteiger partial charge in [0.05, 0.1) is 11.2 Å². The Hall–Kier alpha value is -2.95. The van der Waals surface area contributed by atoms with E-state index >= 15 is 0 Å². The maximum absolute atomic E-state index is 11.9. The first kappa shape index (κ1) is 17.5. The molecule has 0 bridgehead atoms. The van der Waals surface area contributed by atoms with Gasteiger partial charge in [-0.05, 0) is 31.9 Å². The number of nitrogens with zero attached hydrogens (tertiary/aromatic N) is 3. The molecule has 3 aromatic rings. The van der Waals surface area contributed by atoms with Crippen molar-refractivity contribution in [1.29, 1.82) is 0 Å². The van der Waals surface area contributed by atoms with Gasteiger partial charge in [0.15, 0.2) is 0 Å². The number of anilines is 1. The fourth-order valence-corrected chi connectivity index (χ4v) is 3.73. The van der Waals surface area contributed by atoms with E-state index in [-0.39, 0.29) is 11.8 Å². The highest BCUT2D eigenvalue weighted by Gasteiger charge is 2.26. The lowest BCUT2D eigenvalue weighted by atomic mass is 9.96. The van der Waals surface area contributed by atoms with Crippen LogP contribution in [0.15, 0.2) is 48.5 Å². The highest BCUT2D eigenvalue weighted by Crippen LogP contribution is 2.30. The predicted octanol–water partition coefficient (Wildman–Crippen LogP) is 3.57. The highest BCUT2D eigenvalue weighted by molar-refractivity contribution is 5.93. The van der Waals surface area contributed by atoms with E-state index in [9.17, 15) is 4.79 Å². The number of hydrogen-bond acceptors (Lipinski definition) is 4. The fourth-order valence-electron chi connectivity index (χ4n) is 3.73. The molecule has 1 aromatic heterocycles. The molecule has 1 N–H and O–H groups in total. The van der Waals surface area contributed by atoms with Crippen molar-refractivity contribution in [2.75, 3.05) is 25.0 Å². The van der Waals surface area contributed by atoms with Crippen LogP contribution >= 0.6 is 0 Å². The second kappa shape index (κ2) is 7.35. The number of benzene rings is 2. The predicted molar refractivity (Wildman–Crippen MR) is 109 cm³/mol. The van der Waals surface area contributed by atoms with Gasteiger partial charge in [-0.15, -0.1) is 0 Å². The van der Waals surface area contributed by atoms with Crippen LogP contribution in [0.3, 0.4) is 0 Å². The molecule has 2 aromatic carbocycles. The average Bonchev–Trinajstić information content (AvgIpc) is 2.73. The topological polar surface area (TPSA) is 58.1 Å². The van der Waals surface area contributed by atoms with Crippen molar-refractivity contribution in [3.63, 3.8) is 0 Å². The van der Waals surface area contributed by atoms with E-state index in [1.165, 1.54) is 5.56 Å². The van der Waals surface area contributed by atoms with Crippen LogP contribution in [-0.2, 0) is 4.79 Å². The first-order chi connectivity index (χ1) is 13.2. The van der Waals surface area contributed by atoms with Crippen LogP contribution in [0.1, 0.15) is 18.4 Å². The molecule has 0 saturated carbocycles. The van der Waals surface area contributed by atoms with E-state index in [0.29, 0.717) is 0 Å². The molecular formula is C22H24N4O. The molecule has 5 nitrogen and oxygen atoms in total. The summed E-state index contributed by atoms with van der Waals surface area (Å²) in [5.74, 6) is 0.970. The first-order valence-electron chi connectivity index (χ1n) is 9.46. The number of carbonyl (C=O) groups excluding carboxylic acids is 1. The molecule has 27 heavy (non-hydrogen) atoms. The minimum atomic E-state index is 0.0861. The number of aromatic nitrogens is 2. The van der Waals surface area contributed by atoms with Gasteiger partial charge in [-0.1, -0.05) is 42.0 Å². The summed E-state index contributed by atoms with van der Waals surface area (Å²) in [6, 6.07) is 16.6. The molecule has 0 atom stereocenters. The van der Waals surface area contributed by atoms with Crippen molar-refractivity contribution in [3.05, 3.63) is 54.1 Å². The first-order valence-corrected chi connectivity index (χ1v) is 9.46. The SMILES string of the molecule is CNC(=O)C1CCN(c2nc(-c3ccccc3)c3cc(C)ccc3n2)CC1. The zero-order chi connectivity index (χ0) is 18.8. The van der Waals surface area contributed by atoms with Crippen molar-refractivity contribution >= 4 is 22.8 Å². The maximum atomic E-state index is 11.9. The Morgan fingerprint density at radius 1 is 1.07 bits per heavy atom. The van der Waals surface area contributed by atoms with Crippen molar-refractivity contribution in [1.82, 2.24) is 15.3 Å². The van der Waals surface area contributed by atoms with Crippen LogP contribution < -0.4 is 10.2 Å². The third-order valence-electron chi connectivity index (χ3n) is 5.28. The molecule has 0 radical (unpaired) electrons. The van der Waals surface area contributed by atoms with E-state index < -0.39 is 0 Å². The fraction of sp³-hybridized carbons (Fsp3) is 0.318. The number of rotatable bonds is 3. The molecule has 5 heteroatoms. The standard InChI is InChI=1S/C22H24N4O/c1-15-8-9-19-18(14-15)20(16-6-4-3-5-7-16)25-22(24-19)26-12-10-17(11-13-26)21(27)23-2/h3-9,14,17H,10-13H2,1-2H3,(H,23,27). The smallest absolute Gasteiger partial charge is 0.226 e. The molecule has 0 spiro atoms. The summed E-state index contributed by atoms with van der Waals surface area (Å²) in [4.78, 5) is 23.9. The summed E-state index contributed by atoms with van der Waals surface area (Å²) in [5, 5.41) is 3.83. The summed E-state index contributed by atoms with van der Waals surface area (Å²) in [6.45, 7) is 3.68. The summed E-state index contributed by atoms with van der Waals surface area (Å²) in [6.07, 6.45) is 1.66. The van der Waals surface area contributed by atoms with Gasteiger partial charge < -0.3 is 10.2 Å². The summed E-state index contributed by atoms with van der Waals surface area (Å²) < 4.78 is 0. The van der Waals surface area contributed by atoms with Crippen LogP contribution in [0.25, 0.3) is 22.2 Å². The molecule has 2 heterocycles. The van der Waals surface area contributed by atoms with Gasteiger partial charge in [-0.25, -0.2) is 9.97 Å². The van der Waals surface area contributed by atoms with Gasteiger partial charge in [0.2, 0.25) is 11.9 Å².